The Labute approximate surface area is 213 Å². The number of carbonyl (C=O) groups is 2. The maximum atomic E-state index is 13.5. The van der Waals surface area contributed by atoms with Gasteiger partial charge in [-0.1, -0.05) is 12.1 Å². The second kappa shape index (κ2) is 8.91. The first-order valence-corrected chi connectivity index (χ1v) is 13.4. The van der Waals surface area contributed by atoms with Gasteiger partial charge in [-0.05, 0) is 63.6 Å². The zero-order valence-electron chi connectivity index (χ0n) is 21.9. The average molecular weight is 492 g/mol. The number of morpholine rings is 1. The van der Waals surface area contributed by atoms with Crippen molar-refractivity contribution in [3.05, 3.63) is 46.3 Å². The van der Waals surface area contributed by atoms with E-state index in [-0.39, 0.29) is 30.6 Å². The number of aryl methyl sites for hydroxylation is 1. The maximum absolute atomic E-state index is 13.5. The van der Waals surface area contributed by atoms with Crippen molar-refractivity contribution in [2.24, 2.45) is 5.92 Å². The maximum Gasteiger partial charge on any atom is 0.274 e. The van der Waals surface area contributed by atoms with Crippen LogP contribution in [-0.4, -0.2) is 82.9 Å². The number of rotatable bonds is 4. The van der Waals surface area contributed by atoms with Crippen molar-refractivity contribution in [3.8, 4) is 0 Å². The van der Waals surface area contributed by atoms with Gasteiger partial charge in [-0.25, -0.2) is 0 Å². The predicted molar refractivity (Wildman–Crippen MR) is 137 cm³/mol. The van der Waals surface area contributed by atoms with Crippen LogP contribution < -0.4 is 4.90 Å². The molecule has 0 spiro atoms. The molecule has 2 aromatic rings. The van der Waals surface area contributed by atoms with Gasteiger partial charge in [0, 0.05) is 62.1 Å². The van der Waals surface area contributed by atoms with E-state index in [2.05, 4.69) is 36.9 Å². The quantitative estimate of drug-likeness (QED) is 0.658. The van der Waals surface area contributed by atoms with Crippen LogP contribution in [0.5, 0.6) is 0 Å². The first-order valence-electron chi connectivity index (χ1n) is 13.4. The number of piperazine rings is 1. The number of fused-ring (bicyclic) bond motifs is 3. The van der Waals surface area contributed by atoms with E-state index in [1.165, 1.54) is 16.8 Å². The first kappa shape index (κ1) is 23.5. The molecule has 1 saturated carbocycles. The second-order valence-corrected chi connectivity index (χ2v) is 11.2. The fourth-order valence-electron chi connectivity index (χ4n) is 6.49. The number of ether oxygens (including phenoxy) is 1. The van der Waals surface area contributed by atoms with Crippen LogP contribution in [0.25, 0.3) is 0 Å². The summed E-state index contributed by atoms with van der Waals surface area (Å²) in [6, 6.07) is 6.42. The van der Waals surface area contributed by atoms with Crippen molar-refractivity contribution >= 4 is 17.5 Å². The van der Waals surface area contributed by atoms with E-state index in [9.17, 15) is 9.59 Å². The fourth-order valence-corrected chi connectivity index (χ4v) is 6.49. The Hall–Kier alpha value is -2.87. The van der Waals surface area contributed by atoms with Gasteiger partial charge in [0.2, 0.25) is 5.91 Å². The van der Waals surface area contributed by atoms with Crippen LogP contribution in [0.4, 0.5) is 5.69 Å². The molecule has 36 heavy (non-hydrogen) atoms. The molecule has 8 nitrogen and oxygen atoms in total. The number of anilines is 1. The van der Waals surface area contributed by atoms with Crippen LogP contribution in [0, 0.1) is 19.8 Å². The molecule has 2 aliphatic carbocycles. The van der Waals surface area contributed by atoms with Gasteiger partial charge in [0.1, 0.15) is 6.54 Å². The highest BCUT2D eigenvalue weighted by Crippen LogP contribution is 2.57. The smallest absolute Gasteiger partial charge is 0.274 e. The molecular weight excluding hydrogens is 454 g/mol. The summed E-state index contributed by atoms with van der Waals surface area (Å²) in [5, 5.41) is 4.78. The molecule has 1 aromatic carbocycles. The normalized spacial score (nSPS) is 27.2. The third-order valence-corrected chi connectivity index (χ3v) is 8.58. The highest BCUT2D eigenvalue weighted by molar-refractivity contribution is 5.94. The van der Waals surface area contributed by atoms with Gasteiger partial charge in [-0.15, -0.1) is 0 Å². The lowest BCUT2D eigenvalue weighted by Crippen LogP contribution is -2.50. The Bertz CT molecular complexity index is 1190. The molecule has 8 heteroatoms. The Morgan fingerprint density at radius 3 is 2.47 bits per heavy atom. The molecule has 4 atom stereocenters. The van der Waals surface area contributed by atoms with E-state index in [4.69, 9.17) is 9.84 Å². The second-order valence-electron chi connectivity index (χ2n) is 11.2. The zero-order valence-corrected chi connectivity index (χ0v) is 21.9. The summed E-state index contributed by atoms with van der Waals surface area (Å²) in [4.78, 5) is 33.1. The summed E-state index contributed by atoms with van der Waals surface area (Å²) in [5.41, 5.74) is 6.65. The summed E-state index contributed by atoms with van der Waals surface area (Å²) in [7, 11) is 0. The van der Waals surface area contributed by atoms with Crippen molar-refractivity contribution in [1.82, 2.24) is 19.6 Å². The Morgan fingerprint density at radius 1 is 1.03 bits per heavy atom. The standard InChI is InChI=1S/C28H37N5O3/c1-17-6-5-7-24(20(17)4)30-8-10-31(11-9-30)25(34)16-33-27-22-12-21(22)13-23(27)26(29-33)28(35)32-14-18(2)36-19(3)15-32/h5-7,18-19,21-22H,8-16H2,1-4H3/t18-,19+,21-,22?/m1/s1. The largest absolute Gasteiger partial charge is 0.372 e. The van der Waals surface area contributed by atoms with Gasteiger partial charge < -0.3 is 19.4 Å². The number of amides is 2. The molecule has 4 aliphatic rings. The molecule has 2 amide bonds. The van der Waals surface area contributed by atoms with Crippen molar-refractivity contribution in [2.75, 3.05) is 44.2 Å². The van der Waals surface area contributed by atoms with Gasteiger partial charge in [-0.3, -0.25) is 14.3 Å². The summed E-state index contributed by atoms with van der Waals surface area (Å²) in [6.45, 7) is 12.8. The number of hydrogen-bond donors (Lipinski definition) is 0. The summed E-state index contributed by atoms with van der Waals surface area (Å²) in [5.74, 6) is 1.17. The minimum absolute atomic E-state index is 0.0112. The zero-order chi connectivity index (χ0) is 25.1. The van der Waals surface area contributed by atoms with Crippen LogP contribution in [0.3, 0.4) is 0 Å². The molecule has 6 rings (SSSR count). The lowest BCUT2D eigenvalue weighted by atomic mass is 10.1. The summed E-state index contributed by atoms with van der Waals surface area (Å²) < 4.78 is 7.69. The molecule has 192 valence electrons. The van der Waals surface area contributed by atoms with Crippen molar-refractivity contribution in [3.63, 3.8) is 0 Å². The Balaban J connectivity index is 1.16. The molecule has 0 N–H and O–H groups in total. The summed E-state index contributed by atoms with van der Waals surface area (Å²) >= 11 is 0. The van der Waals surface area contributed by atoms with Gasteiger partial charge in [0.05, 0.1) is 12.2 Å². The van der Waals surface area contributed by atoms with Crippen molar-refractivity contribution < 1.29 is 14.3 Å². The van der Waals surface area contributed by atoms with Crippen LogP contribution in [0.1, 0.15) is 59.1 Å². The van der Waals surface area contributed by atoms with Crippen LogP contribution >= 0.6 is 0 Å². The van der Waals surface area contributed by atoms with E-state index < -0.39 is 0 Å². The molecular formula is C28H37N5O3. The number of benzene rings is 1. The van der Waals surface area contributed by atoms with Crippen LogP contribution in [-0.2, 0) is 22.5 Å². The van der Waals surface area contributed by atoms with E-state index >= 15 is 0 Å². The van der Waals surface area contributed by atoms with Gasteiger partial charge in [0.25, 0.3) is 5.91 Å². The van der Waals surface area contributed by atoms with E-state index in [1.807, 2.05) is 28.3 Å². The minimum Gasteiger partial charge on any atom is -0.372 e. The van der Waals surface area contributed by atoms with Gasteiger partial charge in [-0.2, -0.15) is 5.10 Å². The molecule has 3 heterocycles. The lowest BCUT2D eigenvalue weighted by Gasteiger charge is -2.37. The number of nitrogens with zero attached hydrogens (tertiary/aromatic N) is 5. The van der Waals surface area contributed by atoms with E-state index in [0.717, 1.165) is 37.2 Å². The molecule has 0 bridgehead atoms. The Morgan fingerprint density at radius 2 is 1.75 bits per heavy atom. The third-order valence-electron chi connectivity index (χ3n) is 8.58. The molecule has 2 saturated heterocycles. The Kier molecular flexibility index (Phi) is 5.82. The van der Waals surface area contributed by atoms with Crippen LogP contribution in [0.15, 0.2) is 18.2 Å². The topological polar surface area (TPSA) is 70.9 Å². The number of carbonyl (C=O) groups excluding carboxylic acids is 2. The molecule has 1 aromatic heterocycles. The van der Waals surface area contributed by atoms with E-state index in [0.29, 0.717) is 43.7 Å². The van der Waals surface area contributed by atoms with Crippen molar-refractivity contribution in [1.29, 1.82) is 0 Å². The van der Waals surface area contributed by atoms with Gasteiger partial charge >= 0.3 is 0 Å². The van der Waals surface area contributed by atoms with E-state index in [1.54, 1.807) is 0 Å². The van der Waals surface area contributed by atoms with Gasteiger partial charge in [0.15, 0.2) is 5.69 Å². The number of hydrogen-bond acceptors (Lipinski definition) is 5. The summed E-state index contributed by atoms with van der Waals surface area (Å²) in [6.07, 6.45) is 2.11. The average Bonchev–Trinajstić information content (AvgIpc) is 3.37. The van der Waals surface area contributed by atoms with Crippen molar-refractivity contribution in [2.45, 2.75) is 65.2 Å². The highest BCUT2D eigenvalue weighted by Gasteiger charge is 2.50. The monoisotopic (exact) mass is 491 g/mol. The SMILES string of the molecule is Cc1cccc(N2CCN(C(=O)Cn3nc(C(=O)N4C[C@@H](C)O[C@@H](C)C4)c4c3C3C[C@@H]3C4)CC2)c1C. The third kappa shape index (κ3) is 4.09. The van der Waals surface area contributed by atoms with Crippen LogP contribution in [0.2, 0.25) is 0 Å². The predicted octanol–water partition coefficient (Wildman–Crippen LogP) is 2.76. The molecule has 0 radical (unpaired) electrons. The minimum atomic E-state index is -0.0112. The lowest BCUT2D eigenvalue weighted by molar-refractivity contribution is -0.132. The molecule has 1 unspecified atom stereocenters. The first-order chi connectivity index (χ1) is 17.3. The molecule has 2 aliphatic heterocycles. The number of aromatic nitrogens is 2. The highest BCUT2D eigenvalue weighted by atomic mass is 16.5. The fraction of sp³-hybridized carbons (Fsp3) is 0.607. The molecule has 3 fully saturated rings.